The zero-order valence-corrected chi connectivity index (χ0v) is 12.1. The molecule has 0 amide bonds. The van der Waals surface area contributed by atoms with E-state index in [1.54, 1.807) is 0 Å². The highest BCUT2D eigenvalue weighted by atomic mass is 16.5. The highest BCUT2D eigenvalue weighted by Gasteiger charge is 2.16. The van der Waals surface area contributed by atoms with Gasteiger partial charge in [-0.3, -0.25) is 4.98 Å². The highest BCUT2D eigenvalue weighted by molar-refractivity contribution is 6.04. The number of esters is 1. The maximum Gasteiger partial charge on any atom is 0.341 e. The van der Waals surface area contributed by atoms with E-state index >= 15 is 0 Å². The molecule has 2 heterocycles. The molecule has 0 unspecified atom stereocenters. The number of anilines is 2. The second-order valence-corrected chi connectivity index (χ2v) is 5.33. The van der Waals surface area contributed by atoms with Gasteiger partial charge in [0.1, 0.15) is 5.56 Å². The molecule has 2 aromatic rings. The lowest BCUT2D eigenvalue weighted by molar-refractivity contribution is 0.0601. The first-order valence-electron chi connectivity index (χ1n) is 7.22. The molecule has 0 spiro atoms. The molecule has 5 heteroatoms. The van der Waals surface area contributed by atoms with E-state index in [1.165, 1.54) is 32.6 Å². The van der Waals surface area contributed by atoms with E-state index in [2.05, 4.69) is 16.0 Å². The van der Waals surface area contributed by atoms with E-state index in [0.717, 1.165) is 29.7 Å². The Balaban J connectivity index is 2.06. The number of hydrogen-bond donors (Lipinski definition) is 1. The SMILES string of the molecule is COC(=O)c1cnc2ccc(N3CCCCC3)cc2c1N. The van der Waals surface area contributed by atoms with Crippen LogP contribution in [0.1, 0.15) is 29.6 Å². The first-order chi connectivity index (χ1) is 10.2. The average molecular weight is 285 g/mol. The molecule has 1 aromatic heterocycles. The highest BCUT2D eigenvalue weighted by Crippen LogP contribution is 2.29. The maximum atomic E-state index is 11.7. The lowest BCUT2D eigenvalue weighted by Gasteiger charge is -2.29. The van der Waals surface area contributed by atoms with Crippen LogP contribution < -0.4 is 10.6 Å². The largest absolute Gasteiger partial charge is 0.465 e. The number of nitrogens with two attached hydrogens (primary N) is 1. The number of nitrogens with zero attached hydrogens (tertiary/aromatic N) is 2. The van der Waals surface area contributed by atoms with Gasteiger partial charge in [0.25, 0.3) is 0 Å². The number of nitrogen functional groups attached to an aromatic ring is 1. The van der Waals surface area contributed by atoms with Crippen molar-refractivity contribution in [3.8, 4) is 0 Å². The van der Waals surface area contributed by atoms with Gasteiger partial charge in [-0.1, -0.05) is 0 Å². The third-order valence-corrected chi connectivity index (χ3v) is 4.02. The summed E-state index contributed by atoms with van der Waals surface area (Å²) in [4.78, 5) is 18.4. The summed E-state index contributed by atoms with van der Waals surface area (Å²) in [6.45, 7) is 2.13. The average Bonchev–Trinajstić information content (AvgIpc) is 2.55. The Kier molecular flexibility index (Phi) is 3.64. The number of pyridine rings is 1. The molecule has 1 aliphatic rings. The maximum absolute atomic E-state index is 11.7. The van der Waals surface area contributed by atoms with Crippen LogP contribution in [0.25, 0.3) is 10.9 Å². The first kappa shape index (κ1) is 13.7. The number of rotatable bonds is 2. The number of ether oxygens (including phenoxy) is 1. The molecule has 110 valence electrons. The predicted octanol–water partition coefficient (Wildman–Crippen LogP) is 2.59. The molecule has 0 atom stereocenters. The van der Waals surface area contributed by atoms with Crippen molar-refractivity contribution in [3.63, 3.8) is 0 Å². The molecule has 0 saturated carbocycles. The molecule has 0 radical (unpaired) electrons. The van der Waals surface area contributed by atoms with Crippen molar-refractivity contribution >= 4 is 28.2 Å². The van der Waals surface area contributed by atoms with Crippen molar-refractivity contribution in [2.45, 2.75) is 19.3 Å². The fourth-order valence-corrected chi connectivity index (χ4v) is 2.82. The fraction of sp³-hybridized carbons (Fsp3) is 0.375. The van der Waals surface area contributed by atoms with Crippen molar-refractivity contribution in [1.29, 1.82) is 0 Å². The van der Waals surface area contributed by atoms with Crippen LogP contribution in [0.4, 0.5) is 11.4 Å². The summed E-state index contributed by atoms with van der Waals surface area (Å²) in [6, 6.07) is 6.05. The van der Waals surface area contributed by atoms with Gasteiger partial charge in [-0.25, -0.2) is 4.79 Å². The topological polar surface area (TPSA) is 68.5 Å². The second-order valence-electron chi connectivity index (χ2n) is 5.33. The Morgan fingerprint density at radius 3 is 2.76 bits per heavy atom. The minimum absolute atomic E-state index is 0.320. The van der Waals surface area contributed by atoms with Crippen molar-refractivity contribution in [2.24, 2.45) is 0 Å². The fourth-order valence-electron chi connectivity index (χ4n) is 2.82. The molecule has 3 rings (SSSR count). The molecule has 1 saturated heterocycles. The zero-order valence-electron chi connectivity index (χ0n) is 12.1. The minimum Gasteiger partial charge on any atom is -0.465 e. The van der Waals surface area contributed by atoms with Gasteiger partial charge in [-0.2, -0.15) is 0 Å². The van der Waals surface area contributed by atoms with E-state index in [0.29, 0.717) is 11.3 Å². The van der Waals surface area contributed by atoms with E-state index in [9.17, 15) is 4.79 Å². The first-order valence-corrected chi connectivity index (χ1v) is 7.22. The summed E-state index contributed by atoms with van der Waals surface area (Å²) in [5.74, 6) is -0.453. The Bertz CT molecular complexity index is 679. The molecule has 21 heavy (non-hydrogen) atoms. The molecule has 0 aliphatic carbocycles. The summed E-state index contributed by atoms with van der Waals surface area (Å²) in [6.07, 6.45) is 5.20. The third-order valence-electron chi connectivity index (χ3n) is 4.02. The monoisotopic (exact) mass is 285 g/mol. The van der Waals surface area contributed by atoms with E-state index in [-0.39, 0.29) is 0 Å². The van der Waals surface area contributed by atoms with Crippen LogP contribution in [-0.2, 0) is 4.74 Å². The van der Waals surface area contributed by atoms with Crippen LogP contribution in [0.5, 0.6) is 0 Å². The summed E-state index contributed by atoms with van der Waals surface area (Å²) in [5.41, 5.74) is 8.82. The number of hydrogen-bond acceptors (Lipinski definition) is 5. The van der Waals surface area contributed by atoms with Crippen molar-refractivity contribution in [2.75, 3.05) is 30.8 Å². The Morgan fingerprint density at radius 1 is 1.29 bits per heavy atom. The summed E-state index contributed by atoms with van der Waals surface area (Å²) in [5, 5.41) is 0.806. The van der Waals surface area contributed by atoms with Gasteiger partial charge < -0.3 is 15.4 Å². The van der Waals surface area contributed by atoms with Gasteiger partial charge in [-0.15, -0.1) is 0 Å². The third kappa shape index (κ3) is 2.51. The molecular formula is C16H19N3O2. The van der Waals surface area contributed by atoms with Crippen LogP contribution >= 0.6 is 0 Å². The minimum atomic E-state index is -0.453. The van der Waals surface area contributed by atoms with Crippen LogP contribution in [0.2, 0.25) is 0 Å². The van der Waals surface area contributed by atoms with E-state index in [1.807, 2.05) is 12.1 Å². The number of fused-ring (bicyclic) bond motifs is 1. The van der Waals surface area contributed by atoms with E-state index < -0.39 is 5.97 Å². The number of aromatic nitrogens is 1. The van der Waals surface area contributed by atoms with Crippen LogP contribution in [0.15, 0.2) is 24.4 Å². The number of carbonyl (C=O) groups is 1. The molecule has 5 nitrogen and oxygen atoms in total. The number of piperidine rings is 1. The lowest BCUT2D eigenvalue weighted by atomic mass is 10.1. The van der Waals surface area contributed by atoms with E-state index in [4.69, 9.17) is 10.5 Å². The summed E-state index contributed by atoms with van der Waals surface area (Å²) < 4.78 is 4.74. The van der Waals surface area contributed by atoms with Crippen LogP contribution in [0, 0.1) is 0 Å². The standard InChI is InChI=1S/C16H19N3O2/c1-21-16(20)13-10-18-14-6-5-11(9-12(14)15(13)17)19-7-3-2-4-8-19/h5-6,9-10H,2-4,7-8H2,1H3,(H2,17,18). The zero-order chi connectivity index (χ0) is 14.8. The number of carbonyl (C=O) groups excluding carboxylic acids is 1. The van der Waals surface area contributed by atoms with Crippen LogP contribution in [-0.4, -0.2) is 31.2 Å². The Hall–Kier alpha value is -2.30. The van der Waals surface area contributed by atoms with Gasteiger partial charge in [-0.05, 0) is 37.5 Å². The summed E-state index contributed by atoms with van der Waals surface area (Å²) >= 11 is 0. The number of benzene rings is 1. The number of methoxy groups -OCH3 is 1. The molecule has 0 bridgehead atoms. The van der Waals surface area contributed by atoms with Gasteiger partial charge >= 0.3 is 5.97 Å². The van der Waals surface area contributed by atoms with Crippen molar-refractivity contribution in [3.05, 3.63) is 30.0 Å². The normalized spacial score (nSPS) is 15.2. The molecule has 1 aromatic carbocycles. The van der Waals surface area contributed by atoms with Gasteiger partial charge in [0, 0.05) is 30.4 Å². The quantitative estimate of drug-likeness (QED) is 0.859. The Labute approximate surface area is 123 Å². The molecule has 1 aliphatic heterocycles. The molecule has 1 fully saturated rings. The molecular weight excluding hydrogens is 266 g/mol. The smallest absolute Gasteiger partial charge is 0.341 e. The van der Waals surface area contributed by atoms with Crippen molar-refractivity contribution < 1.29 is 9.53 Å². The predicted molar refractivity (Wildman–Crippen MR) is 83.6 cm³/mol. The van der Waals surface area contributed by atoms with Crippen molar-refractivity contribution in [1.82, 2.24) is 4.98 Å². The van der Waals surface area contributed by atoms with Gasteiger partial charge in [0.05, 0.1) is 18.3 Å². The lowest BCUT2D eigenvalue weighted by Crippen LogP contribution is -2.29. The van der Waals surface area contributed by atoms with Gasteiger partial charge in [0.15, 0.2) is 0 Å². The van der Waals surface area contributed by atoms with Crippen LogP contribution in [0.3, 0.4) is 0 Å². The second kappa shape index (κ2) is 5.60. The summed E-state index contributed by atoms with van der Waals surface area (Å²) in [7, 11) is 1.34. The molecule has 2 N–H and O–H groups in total. The van der Waals surface area contributed by atoms with Gasteiger partial charge in [0.2, 0.25) is 0 Å². The Morgan fingerprint density at radius 2 is 2.05 bits per heavy atom.